The van der Waals surface area contributed by atoms with Crippen LogP contribution in [0.1, 0.15) is 11.1 Å². The summed E-state index contributed by atoms with van der Waals surface area (Å²) < 4.78 is 0. The van der Waals surface area contributed by atoms with Gasteiger partial charge in [0.2, 0.25) is 0 Å². The van der Waals surface area contributed by atoms with Gasteiger partial charge in [0.05, 0.1) is 15.5 Å². The zero-order valence-electron chi connectivity index (χ0n) is 10.1. The van der Waals surface area contributed by atoms with Gasteiger partial charge in [0.1, 0.15) is 0 Å². The fraction of sp³-hybridized carbons (Fsp3) is 0.231. The Morgan fingerprint density at radius 1 is 1.37 bits per heavy atom. The van der Waals surface area contributed by atoms with E-state index in [0.717, 1.165) is 13.0 Å². The molecule has 4 nitrogen and oxygen atoms in total. The van der Waals surface area contributed by atoms with Gasteiger partial charge in [0.15, 0.2) is 0 Å². The van der Waals surface area contributed by atoms with Crippen LogP contribution in [0.3, 0.4) is 0 Å². The predicted octanol–water partition coefficient (Wildman–Crippen LogP) is 3.64. The number of hydrogen-bond acceptors (Lipinski definition) is 4. The van der Waals surface area contributed by atoms with Crippen molar-refractivity contribution in [1.29, 1.82) is 0 Å². The number of nitro groups is 1. The van der Waals surface area contributed by atoms with Crippen LogP contribution in [-0.4, -0.2) is 11.5 Å². The van der Waals surface area contributed by atoms with E-state index in [2.05, 4.69) is 16.8 Å². The van der Waals surface area contributed by atoms with Crippen LogP contribution in [0.2, 0.25) is 5.02 Å². The molecule has 0 saturated heterocycles. The largest absolute Gasteiger partial charge is 0.312 e. The average molecular weight is 297 g/mol. The second-order valence-corrected chi connectivity index (χ2v) is 5.24. The molecule has 1 aromatic carbocycles. The highest BCUT2D eigenvalue weighted by atomic mass is 35.5. The second kappa shape index (κ2) is 6.65. The van der Waals surface area contributed by atoms with Crippen molar-refractivity contribution in [2.75, 3.05) is 6.54 Å². The highest BCUT2D eigenvalue weighted by molar-refractivity contribution is 7.07. The average Bonchev–Trinajstić information content (AvgIpc) is 2.88. The van der Waals surface area contributed by atoms with E-state index in [-0.39, 0.29) is 5.69 Å². The maximum Gasteiger partial charge on any atom is 0.275 e. The molecule has 1 heterocycles. The summed E-state index contributed by atoms with van der Waals surface area (Å²) in [5, 5.41) is 18.7. The van der Waals surface area contributed by atoms with Gasteiger partial charge in [-0.25, -0.2) is 0 Å². The van der Waals surface area contributed by atoms with Gasteiger partial charge in [-0.05, 0) is 41.4 Å². The highest BCUT2D eigenvalue weighted by Gasteiger charge is 2.15. The Morgan fingerprint density at radius 3 is 2.89 bits per heavy atom. The lowest BCUT2D eigenvalue weighted by molar-refractivity contribution is -0.385. The number of rotatable bonds is 6. The molecule has 0 fully saturated rings. The van der Waals surface area contributed by atoms with Gasteiger partial charge in [-0.3, -0.25) is 10.1 Å². The van der Waals surface area contributed by atoms with E-state index in [1.807, 2.05) is 5.38 Å². The number of nitrogens with one attached hydrogen (secondary N) is 1. The third-order valence-electron chi connectivity index (χ3n) is 2.76. The molecule has 0 spiro atoms. The summed E-state index contributed by atoms with van der Waals surface area (Å²) in [7, 11) is 0. The van der Waals surface area contributed by atoms with Crippen LogP contribution >= 0.6 is 22.9 Å². The Hall–Kier alpha value is -1.43. The molecule has 0 aliphatic heterocycles. The summed E-state index contributed by atoms with van der Waals surface area (Å²) in [4.78, 5) is 10.5. The van der Waals surface area contributed by atoms with Crippen LogP contribution in [0.15, 0.2) is 35.0 Å². The van der Waals surface area contributed by atoms with Gasteiger partial charge >= 0.3 is 0 Å². The monoisotopic (exact) mass is 296 g/mol. The van der Waals surface area contributed by atoms with Crippen molar-refractivity contribution < 1.29 is 4.92 Å². The summed E-state index contributed by atoms with van der Waals surface area (Å²) in [6, 6.07) is 6.81. The maximum absolute atomic E-state index is 10.9. The molecule has 6 heteroatoms. The first-order valence-electron chi connectivity index (χ1n) is 5.82. The molecule has 0 saturated carbocycles. The summed E-state index contributed by atoms with van der Waals surface area (Å²) in [5.41, 5.74) is 1.88. The SMILES string of the molecule is O=[N+]([O-])c1cccc(Cl)c1CNCCc1ccsc1. The van der Waals surface area contributed by atoms with E-state index >= 15 is 0 Å². The molecule has 0 atom stereocenters. The van der Waals surface area contributed by atoms with Gasteiger partial charge in [-0.1, -0.05) is 17.7 Å². The van der Waals surface area contributed by atoms with Crippen LogP contribution in [0, 0.1) is 10.1 Å². The topological polar surface area (TPSA) is 55.2 Å². The van der Waals surface area contributed by atoms with Crippen molar-refractivity contribution in [2.24, 2.45) is 0 Å². The predicted molar refractivity (Wildman–Crippen MR) is 77.8 cm³/mol. The van der Waals surface area contributed by atoms with Crippen molar-refractivity contribution in [3.05, 3.63) is 61.3 Å². The second-order valence-electron chi connectivity index (χ2n) is 4.05. The molecular formula is C13H13ClN2O2S. The minimum absolute atomic E-state index is 0.0653. The fourth-order valence-electron chi connectivity index (χ4n) is 1.77. The fourth-order valence-corrected chi connectivity index (χ4v) is 2.71. The number of thiophene rings is 1. The summed E-state index contributed by atoms with van der Waals surface area (Å²) in [6.45, 7) is 1.17. The standard InChI is InChI=1S/C13H13ClN2O2S/c14-12-2-1-3-13(16(17)18)11(12)8-15-6-4-10-5-7-19-9-10/h1-3,5,7,9,15H,4,6,8H2. The molecule has 0 radical (unpaired) electrons. The number of hydrogen-bond donors (Lipinski definition) is 1. The lowest BCUT2D eigenvalue weighted by atomic mass is 10.1. The Balaban J connectivity index is 1.93. The smallest absolute Gasteiger partial charge is 0.275 e. The number of halogens is 1. The highest BCUT2D eigenvalue weighted by Crippen LogP contribution is 2.25. The first-order valence-corrected chi connectivity index (χ1v) is 7.14. The van der Waals surface area contributed by atoms with Gasteiger partial charge < -0.3 is 5.32 Å². The van der Waals surface area contributed by atoms with Crippen LogP contribution in [0.4, 0.5) is 5.69 Å². The van der Waals surface area contributed by atoms with Crippen LogP contribution in [0.25, 0.3) is 0 Å². The van der Waals surface area contributed by atoms with Crippen LogP contribution < -0.4 is 5.32 Å². The van der Waals surface area contributed by atoms with Crippen molar-refractivity contribution in [1.82, 2.24) is 5.32 Å². The summed E-state index contributed by atoms with van der Waals surface area (Å²) in [6.07, 6.45) is 0.905. The minimum Gasteiger partial charge on any atom is -0.312 e. The van der Waals surface area contributed by atoms with E-state index < -0.39 is 4.92 Å². The zero-order chi connectivity index (χ0) is 13.7. The lowest BCUT2D eigenvalue weighted by Gasteiger charge is -2.07. The third-order valence-corrected chi connectivity index (χ3v) is 3.85. The van der Waals surface area contributed by atoms with Gasteiger partial charge in [0, 0.05) is 12.6 Å². The Bertz CT molecular complexity index is 558. The van der Waals surface area contributed by atoms with E-state index in [0.29, 0.717) is 17.1 Å². The lowest BCUT2D eigenvalue weighted by Crippen LogP contribution is -2.17. The first-order chi connectivity index (χ1) is 9.18. The normalized spacial score (nSPS) is 10.6. The molecule has 0 amide bonds. The van der Waals surface area contributed by atoms with Crippen molar-refractivity contribution in [2.45, 2.75) is 13.0 Å². The molecule has 0 aliphatic carbocycles. The number of nitro benzene ring substituents is 1. The van der Waals surface area contributed by atoms with Gasteiger partial charge in [-0.2, -0.15) is 11.3 Å². The molecule has 2 rings (SSSR count). The van der Waals surface area contributed by atoms with Crippen LogP contribution in [0.5, 0.6) is 0 Å². The minimum atomic E-state index is -0.401. The van der Waals surface area contributed by atoms with Gasteiger partial charge in [0.25, 0.3) is 5.69 Å². The van der Waals surface area contributed by atoms with Crippen molar-refractivity contribution in [3.8, 4) is 0 Å². The van der Waals surface area contributed by atoms with Crippen LogP contribution in [-0.2, 0) is 13.0 Å². The summed E-state index contributed by atoms with van der Waals surface area (Å²) in [5.74, 6) is 0. The Kier molecular flexibility index (Phi) is 4.90. The molecule has 19 heavy (non-hydrogen) atoms. The van der Waals surface area contributed by atoms with E-state index in [1.54, 1.807) is 23.5 Å². The Labute approximate surface area is 120 Å². The number of nitrogens with zero attached hydrogens (tertiary/aromatic N) is 1. The van der Waals surface area contributed by atoms with Crippen molar-refractivity contribution in [3.63, 3.8) is 0 Å². The molecular weight excluding hydrogens is 284 g/mol. The zero-order valence-corrected chi connectivity index (χ0v) is 11.7. The molecule has 2 aromatic rings. The Morgan fingerprint density at radius 2 is 2.21 bits per heavy atom. The summed E-state index contributed by atoms with van der Waals surface area (Å²) >= 11 is 7.67. The molecule has 1 N–H and O–H groups in total. The number of benzene rings is 1. The molecule has 0 unspecified atom stereocenters. The first kappa shape index (κ1) is 14.0. The molecule has 100 valence electrons. The van der Waals surface area contributed by atoms with E-state index in [9.17, 15) is 10.1 Å². The van der Waals surface area contributed by atoms with Gasteiger partial charge in [-0.15, -0.1) is 0 Å². The molecule has 1 aromatic heterocycles. The van der Waals surface area contributed by atoms with E-state index in [1.165, 1.54) is 11.6 Å². The maximum atomic E-state index is 10.9. The molecule has 0 bridgehead atoms. The van der Waals surface area contributed by atoms with Crippen molar-refractivity contribution >= 4 is 28.6 Å². The quantitative estimate of drug-likeness (QED) is 0.503. The third kappa shape index (κ3) is 3.76. The van der Waals surface area contributed by atoms with E-state index in [4.69, 9.17) is 11.6 Å². The molecule has 0 aliphatic rings.